The van der Waals surface area contributed by atoms with Gasteiger partial charge in [-0.15, -0.1) is 0 Å². The van der Waals surface area contributed by atoms with Crippen molar-refractivity contribution >= 4 is 5.91 Å². The maximum absolute atomic E-state index is 11.4. The summed E-state index contributed by atoms with van der Waals surface area (Å²) >= 11 is 0. The summed E-state index contributed by atoms with van der Waals surface area (Å²) in [6.45, 7) is 13.5. The minimum Gasteiger partial charge on any atom is -0.300 e. The van der Waals surface area contributed by atoms with Crippen molar-refractivity contribution in [3.8, 4) is 0 Å². The van der Waals surface area contributed by atoms with Crippen LogP contribution >= 0.6 is 0 Å². The van der Waals surface area contributed by atoms with Crippen LogP contribution < -0.4 is 5.48 Å². The van der Waals surface area contributed by atoms with Crippen LogP contribution in [0.1, 0.15) is 50.0 Å². The molecule has 0 bridgehead atoms. The van der Waals surface area contributed by atoms with Crippen LogP contribution in [0.5, 0.6) is 0 Å². The molecule has 0 saturated carbocycles. The van der Waals surface area contributed by atoms with E-state index in [1.807, 2.05) is 12.1 Å². The van der Waals surface area contributed by atoms with Gasteiger partial charge in [0.1, 0.15) is 0 Å². The van der Waals surface area contributed by atoms with Crippen molar-refractivity contribution in [1.29, 1.82) is 0 Å². The predicted octanol–water partition coefficient (Wildman–Crippen LogP) is 2.75. The standard InChI is InChI=1S/C19H31N3O2/c1-14(2)9-10-21-11-15(3)22(16(4)12-21)13-17-5-7-18(8-6-17)19(23)20-24/h5-8,14-16,24H,9-13H2,1-4H3,(H,20,23). The second-order valence-corrected chi connectivity index (χ2v) is 7.45. The zero-order valence-corrected chi connectivity index (χ0v) is 15.3. The Balaban J connectivity index is 1.94. The molecule has 0 aromatic heterocycles. The number of carbonyl (C=O) groups excluding carboxylic acids is 1. The Kier molecular flexibility index (Phi) is 6.78. The number of hydroxylamine groups is 1. The summed E-state index contributed by atoms with van der Waals surface area (Å²) in [5.41, 5.74) is 3.33. The number of hydrogen-bond donors (Lipinski definition) is 2. The van der Waals surface area contributed by atoms with Crippen molar-refractivity contribution in [2.45, 2.75) is 52.7 Å². The van der Waals surface area contributed by atoms with Crippen molar-refractivity contribution in [1.82, 2.24) is 15.3 Å². The Morgan fingerprint density at radius 2 is 1.79 bits per heavy atom. The highest BCUT2D eigenvalue weighted by Gasteiger charge is 2.29. The number of carbonyl (C=O) groups is 1. The molecule has 134 valence electrons. The third-order valence-electron chi connectivity index (χ3n) is 4.88. The number of piperazine rings is 1. The number of amides is 1. The van der Waals surface area contributed by atoms with E-state index in [0.717, 1.165) is 25.6 Å². The van der Waals surface area contributed by atoms with Gasteiger partial charge < -0.3 is 4.90 Å². The van der Waals surface area contributed by atoms with E-state index < -0.39 is 5.91 Å². The summed E-state index contributed by atoms with van der Waals surface area (Å²) in [5, 5.41) is 8.68. The SMILES string of the molecule is CC(C)CCN1CC(C)N(Cc2ccc(C(=O)NO)cc2)C(C)C1. The summed E-state index contributed by atoms with van der Waals surface area (Å²) in [6, 6.07) is 8.48. The minimum atomic E-state index is -0.470. The highest BCUT2D eigenvalue weighted by Crippen LogP contribution is 2.20. The Labute approximate surface area is 145 Å². The average Bonchev–Trinajstić information content (AvgIpc) is 2.56. The summed E-state index contributed by atoms with van der Waals surface area (Å²) in [7, 11) is 0. The van der Waals surface area contributed by atoms with Crippen LogP contribution in [0.3, 0.4) is 0 Å². The number of rotatable bonds is 6. The van der Waals surface area contributed by atoms with Crippen LogP contribution in [0.2, 0.25) is 0 Å². The first kappa shape index (κ1) is 18.9. The normalized spacial score (nSPS) is 22.8. The molecule has 2 unspecified atom stereocenters. The van der Waals surface area contributed by atoms with Gasteiger partial charge in [-0.25, -0.2) is 5.48 Å². The second-order valence-electron chi connectivity index (χ2n) is 7.45. The molecule has 24 heavy (non-hydrogen) atoms. The van der Waals surface area contributed by atoms with Gasteiger partial charge in [0.2, 0.25) is 0 Å². The molecule has 0 radical (unpaired) electrons. The molecule has 2 rings (SSSR count). The molecule has 0 aliphatic carbocycles. The van der Waals surface area contributed by atoms with Crippen LogP contribution in [-0.2, 0) is 6.54 Å². The van der Waals surface area contributed by atoms with E-state index in [1.54, 1.807) is 17.6 Å². The first-order valence-corrected chi connectivity index (χ1v) is 8.92. The molecule has 2 N–H and O–H groups in total. The third kappa shape index (κ3) is 5.03. The van der Waals surface area contributed by atoms with Gasteiger partial charge in [-0.1, -0.05) is 26.0 Å². The lowest BCUT2D eigenvalue weighted by Gasteiger charge is -2.44. The molecule has 5 heteroatoms. The largest absolute Gasteiger partial charge is 0.300 e. The van der Waals surface area contributed by atoms with E-state index >= 15 is 0 Å². The van der Waals surface area contributed by atoms with Gasteiger partial charge >= 0.3 is 0 Å². The summed E-state index contributed by atoms with van der Waals surface area (Å²) in [6.07, 6.45) is 1.26. The van der Waals surface area contributed by atoms with Gasteiger partial charge in [0, 0.05) is 37.3 Å². The number of nitrogens with zero attached hydrogens (tertiary/aromatic N) is 2. The molecule has 1 aliphatic rings. The first-order valence-electron chi connectivity index (χ1n) is 8.92. The zero-order chi connectivity index (χ0) is 17.7. The molecule has 5 nitrogen and oxygen atoms in total. The van der Waals surface area contributed by atoms with Crippen molar-refractivity contribution in [3.63, 3.8) is 0 Å². The Morgan fingerprint density at radius 1 is 1.21 bits per heavy atom. The van der Waals surface area contributed by atoms with Crippen molar-refractivity contribution in [2.75, 3.05) is 19.6 Å². The smallest absolute Gasteiger partial charge is 0.274 e. The molecule has 2 atom stereocenters. The molecule has 1 aromatic rings. The van der Waals surface area contributed by atoms with Crippen LogP contribution in [-0.4, -0.2) is 52.6 Å². The highest BCUT2D eigenvalue weighted by molar-refractivity contribution is 5.93. The lowest BCUT2D eigenvalue weighted by molar-refractivity contribution is 0.0309. The summed E-state index contributed by atoms with van der Waals surface area (Å²) < 4.78 is 0. The van der Waals surface area contributed by atoms with Gasteiger partial charge in [-0.05, 0) is 50.4 Å². The quantitative estimate of drug-likeness (QED) is 0.621. The lowest BCUT2D eigenvalue weighted by atomic mass is 10.0. The Morgan fingerprint density at radius 3 is 2.29 bits per heavy atom. The van der Waals surface area contributed by atoms with E-state index in [0.29, 0.717) is 17.6 Å². The second kappa shape index (κ2) is 8.60. The van der Waals surface area contributed by atoms with E-state index in [-0.39, 0.29) is 0 Å². The average molecular weight is 333 g/mol. The van der Waals surface area contributed by atoms with Gasteiger partial charge in [-0.2, -0.15) is 0 Å². The first-order chi connectivity index (χ1) is 11.4. The van der Waals surface area contributed by atoms with Crippen molar-refractivity contribution in [2.24, 2.45) is 5.92 Å². The molecule has 1 amide bonds. The Bertz CT molecular complexity index is 518. The molecule has 1 heterocycles. The molecule has 0 spiro atoms. The van der Waals surface area contributed by atoms with Gasteiger partial charge in [0.15, 0.2) is 0 Å². The minimum absolute atomic E-state index is 0.470. The Hall–Kier alpha value is -1.43. The molecular formula is C19H31N3O2. The number of nitrogens with one attached hydrogen (secondary N) is 1. The summed E-state index contributed by atoms with van der Waals surface area (Å²) in [5.74, 6) is 0.283. The van der Waals surface area contributed by atoms with Crippen LogP contribution in [0.25, 0.3) is 0 Å². The van der Waals surface area contributed by atoms with Crippen molar-refractivity contribution in [3.05, 3.63) is 35.4 Å². The van der Waals surface area contributed by atoms with E-state index in [2.05, 4.69) is 37.5 Å². The number of benzene rings is 1. The van der Waals surface area contributed by atoms with E-state index in [4.69, 9.17) is 5.21 Å². The molecule has 1 saturated heterocycles. The fraction of sp³-hybridized carbons (Fsp3) is 0.632. The number of hydrogen-bond acceptors (Lipinski definition) is 4. The van der Waals surface area contributed by atoms with Crippen LogP contribution in [0, 0.1) is 5.92 Å². The summed E-state index contributed by atoms with van der Waals surface area (Å²) in [4.78, 5) is 16.5. The van der Waals surface area contributed by atoms with E-state index in [1.165, 1.54) is 18.5 Å². The van der Waals surface area contributed by atoms with Crippen molar-refractivity contribution < 1.29 is 10.0 Å². The molecular weight excluding hydrogens is 302 g/mol. The van der Waals surface area contributed by atoms with Crippen LogP contribution in [0.15, 0.2) is 24.3 Å². The van der Waals surface area contributed by atoms with E-state index in [9.17, 15) is 4.79 Å². The maximum Gasteiger partial charge on any atom is 0.274 e. The fourth-order valence-corrected chi connectivity index (χ4v) is 3.44. The van der Waals surface area contributed by atoms with Gasteiger partial charge in [-0.3, -0.25) is 14.9 Å². The lowest BCUT2D eigenvalue weighted by Crippen LogP contribution is -2.56. The third-order valence-corrected chi connectivity index (χ3v) is 4.88. The zero-order valence-electron chi connectivity index (χ0n) is 15.3. The molecule has 1 aromatic carbocycles. The topological polar surface area (TPSA) is 55.8 Å². The maximum atomic E-state index is 11.4. The molecule has 1 fully saturated rings. The van der Waals surface area contributed by atoms with Gasteiger partial charge in [0.25, 0.3) is 5.91 Å². The fourth-order valence-electron chi connectivity index (χ4n) is 3.44. The molecule has 1 aliphatic heterocycles. The monoisotopic (exact) mass is 333 g/mol. The van der Waals surface area contributed by atoms with Gasteiger partial charge in [0.05, 0.1) is 0 Å². The highest BCUT2D eigenvalue weighted by atomic mass is 16.5. The van der Waals surface area contributed by atoms with Crippen LogP contribution in [0.4, 0.5) is 0 Å². The predicted molar refractivity (Wildman–Crippen MR) is 96.1 cm³/mol.